The van der Waals surface area contributed by atoms with E-state index in [2.05, 4.69) is 25.5 Å². The summed E-state index contributed by atoms with van der Waals surface area (Å²) in [4.78, 5) is 33.2. The van der Waals surface area contributed by atoms with Crippen LogP contribution in [0.4, 0.5) is 5.69 Å². The topological polar surface area (TPSA) is 58.4 Å². The smallest absolute Gasteiger partial charge is 0.228 e. The van der Waals surface area contributed by atoms with E-state index in [1.165, 1.54) is 0 Å². The van der Waals surface area contributed by atoms with Crippen molar-refractivity contribution in [3.8, 4) is 0 Å². The summed E-state index contributed by atoms with van der Waals surface area (Å²) in [6.07, 6.45) is 7.93. The summed E-state index contributed by atoms with van der Waals surface area (Å²) in [7, 11) is 0. The van der Waals surface area contributed by atoms with Gasteiger partial charge in [-0.05, 0) is 37.0 Å². The van der Waals surface area contributed by atoms with Gasteiger partial charge in [0, 0.05) is 55.2 Å². The molecule has 0 radical (unpaired) electrons. The number of rotatable bonds is 4. The predicted molar refractivity (Wildman–Crippen MR) is 106 cm³/mol. The number of likely N-dealkylation sites (tertiary alicyclic amines) is 1. The van der Waals surface area contributed by atoms with Gasteiger partial charge in [-0.1, -0.05) is 22.0 Å². The average Bonchev–Trinajstić information content (AvgIpc) is 3.31. The summed E-state index contributed by atoms with van der Waals surface area (Å²) in [5.41, 5.74) is 0.851. The molecule has 0 N–H and O–H groups in total. The predicted octanol–water partition coefficient (Wildman–Crippen LogP) is 2.94. The summed E-state index contributed by atoms with van der Waals surface area (Å²) in [5.74, 6) is 0.497. The third-order valence-corrected chi connectivity index (χ3v) is 6.04. The van der Waals surface area contributed by atoms with Crippen LogP contribution in [0.2, 0.25) is 0 Å². The number of imidazole rings is 1. The van der Waals surface area contributed by atoms with Crippen molar-refractivity contribution < 1.29 is 9.59 Å². The number of nitrogens with zero attached hydrogens (tertiary/aromatic N) is 4. The Kier molecular flexibility index (Phi) is 5.29. The van der Waals surface area contributed by atoms with Gasteiger partial charge in [0.15, 0.2) is 0 Å². The maximum absolute atomic E-state index is 12.9. The lowest BCUT2D eigenvalue weighted by Gasteiger charge is -2.33. The number of hydrogen-bond acceptors (Lipinski definition) is 3. The van der Waals surface area contributed by atoms with Crippen LogP contribution in [0.1, 0.15) is 19.3 Å². The van der Waals surface area contributed by atoms with Gasteiger partial charge in [-0.2, -0.15) is 0 Å². The maximum atomic E-state index is 12.9. The van der Waals surface area contributed by atoms with E-state index in [1.54, 1.807) is 11.1 Å². The molecule has 4 rings (SSSR count). The van der Waals surface area contributed by atoms with Crippen LogP contribution >= 0.6 is 15.9 Å². The zero-order valence-corrected chi connectivity index (χ0v) is 16.7. The standard InChI is InChI=1S/C20H23BrN4O2/c21-17-2-1-3-18(11-17)25-13-16(10-19(25)26)20(27)24-7-4-15(5-8-24)12-23-9-6-22-14-23/h1-3,6,9,11,14-16H,4-5,7-8,10,12-13H2. The number of amides is 2. The monoisotopic (exact) mass is 430 g/mol. The Bertz CT molecular complexity index is 815. The average molecular weight is 431 g/mol. The van der Waals surface area contributed by atoms with Gasteiger partial charge in [0.2, 0.25) is 11.8 Å². The SMILES string of the molecule is O=C(C1CC(=O)N(c2cccc(Br)c2)C1)N1CCC(Cn2ccnc2)CC1. The molecular formula is C20H23BrN4O2. The number of carbonyl (C=O) groups is 2. The highest BCUT2D eigenvalue weighted by molar-refractivity contribution is 9.10. The van der Waals surface area contributed by atoms with Crippen molar-refractivity contribution in [3.05, 3.63) is 47.5 Å². The van der Waals surface area contributed by atoms with Crippen molar-refractivity contribution in [2.75, 3.05) is 24.5 Å². The number of carbonyl (C=O) groups excluding carboxylic acids is 2. The minimum Gasteiger partial charge on any atom is -0.342 e. The molecule has 2 saturated heterocycles. The van der Waals surface area contributed by atoms with Crippen molar-refractivity contribution in [1.29, 1.82) is 0 Å². The highest BCUT2D eigenvalue weighted by Gasteiger charge is 2.38. The lowest BCUT2D eigenvalue weighted by Crippen LogP contribution is -2.43. The second-order valence-corrected chi connectivity index (χ2v) is 8.33. The van der Waals surface area contributed by atoms with Crippen LogP contribution in [-0.2, 0) is 16.1 Å². The first-order valence-corrected chi connectivity index (χ1v) is 10.2. The molecule has 6 nitrogen and oxygen atoms in total. The Labute approximate surface area is 167 Å². The molecule has 0 spiro atoms. The molecule has 1 atom stereocenters. The van der Waals surface area contributed by atoms with Gasteiger partial charge < -0.3 is 14.4 Å². The molecule has 0 bridgehead atoms. The molecule has 2 aromatic rings. The van der Waals surface area contributed by atoms with E-state index in [0.717, 1.165) is 42.6 Å². The molecule has 2 aliphatic heterocycles. The molecule has 0 saturated carbocycles. The number of anilines is 1. The van der Waals surface area contributed by atoms with Crippen LogP contribution in [0, 0.1) is 11.8 Å². The van der Waals surface area contributed by atoms with Crippen molar-refractivity contribution in [2.45, 2.75) is 25.8 Å². The molecule has 1 aromatic heterocycles. The van der Waals surface area contributed by atoms with E-state index in [9.17, 15) is 9.59 Å². The van der Waals surface area contributed by atoms with Crippen LogP contribution in [-0.4, -0.2) is 45.9 Å². The first-order chi connectivity index (χ1) is 13.1. The minimum atomic E-state index is -0.235. The third kappa shape index (κ3) is 4.08. The molecular weight excluding hydrogens is 408 g/mol. The van der Waals surface area contributed by atoms with E-state index in [0.29, 0.717) is 18.9 Å². The molecule has 2 aliphatic rings. The number of aromatic nitrogens is 2. The second kappa shape index (κ2) is 7.84. The Balaban J connectivity index is 1.33. The second-order valence-electron chi connectivity index (χ2n) is 7.41. The number of piperidine rings is 1. The Morgan fingerprint density at radius 3 is 2.78 bits per heavy atom. The zero-order valence-electron chi connectivity index (χ0n) is 15.1. The Morgan fingerprint density at radius 2 is 2.07 bits per heavy atom. The minimum absolute atomic E-state index is 0.0291. The Morgan fingerprint density at radius 1 is 1.26 bits per heavy atom. The van der Waals surface area contributed by atoms with Crippen LogP contribution in [0.15, 0.2) is 47.5 Å². The molecule has 1 aromatic carbocycles. The van der Waals surface area contributed by atoms with Crippen LogP contribution < -0.4 is 4.90 Å². The van der Waals surface area contributed by atoms with E-state index >= 15 is 0 Å². The van der Waals surface area contributed by atoms with E-state index in [-0.39, 0.29) is 17.7 Å². The fourth-order valence-electron chi connectivity index (χ4n) is 4.05. The largest absolute Gasteiger partial charge is 0.342 e. The maximum Gasteiger partial charge on any atom is 0.228 e. The van der Waals surface area contributed by atoms with Gasteiger partial charge in [-0.25, -0.2) is 4.98 Å². The van der Waals surface area contributed by atoms with Gasteiger partial charge in [-0.3, -0.25) is 9.59 Å². The van der Waals surface area contributed by atoms with Gasteiger partial charge in [0.25, 0.3) is 0 Å². The van der Waals surface area contributed by atoms with Crippen molar-refractivity contribution >= 4 is 33.4 Å². The van der Waals surface area contributed by atoms with Gasteiger partial charge in [-0.15, -0.1) is 0 Å². The van der Waals surface area contributed by atoms with Crippen molar-refractivity contribution in [1.82, 2.24) is 14.5 Å². The van der Waals surface area contributed by atoms with E-state index in [1.807, 2.05) is 41.7 Å². The molecule has 1 unspecified atom stereocenters. The molecule has 142 valence electrons. The summed E-state index contributed by atoms with van der Waals surface area (Å²) in [5, 5.41) is 0. The van der Waals surface area contributed by atoms with Crippen LogP contribution in [0.5, 0.6) is 0 Å². The molecule has 2 fully saturated rings. The fourth-order valence-corrected chi connectivity index (χ4v) is 4.44. The van der Waals surface area contributed by atoms with Crippen molar-refractivity contribution in [3.63, 3.8) is 0 Å². The van der Waals surface area contributed by atoms with Crippen LogP contribution in [0.3, 0.4) is 0 Å². The first-order valence-electron chi connectivity index (χ1n) is 9.40. The summed E-state index contributed by atoms with van der Waals surface area (Å²) >= 11 is 3.44. The molecule has 27 heavy (non-hydrogen) atoms. The van der Waals surface area contributed by atoms with E-state index in [4.69, 9.17) is 0 Å². The number of benzene rings is 1. The fraction of sp³-hybridized carbons (Fsp3) is 0.450. The Hall–Kier alpha value is -2.15. The molecule has 3 heterocycles. The summed E-state index contributed by atoms with van der Waals surface area (Å²) in [6, 6.07) is 7.68. The highest BCUT2D eigenvalue weighted by Crippen LogP contribution is 2.29. The van der Waals surface area contributed by atoms with Gasteiger partial charge in [0.05, 0.1) is 12.2 Å². The number of hydrogen-bond donors (Lipinski definition) is 0. The molecule has 7 heteroatoms. The highest BCUT2D eigenvalue weighted by atomic mass is 79.9. The van der Waals surface area contributed by atoms with Crippen LogP contribution in [0.25, 0.3) is 0 Å². The normalized spacial score (nSPS) is 21.1. The lowest BCUT2D eigenvalue weighted by atomic mass is 9.95. The molecule has 2 amide bonds. The molecule has 0 aliphatic carbocycles. The lowest BCUT2D eigenvalue weighted by molar-refractivity contribution is -0.137. The van der Waals surface area contributed by atoms with Gasteiger partial charge in [0.1, 0.15) is 0 Å². The third-order valence-electron chi connectivity index (χ3n) is 5.55. The summed E-state index contributed by atoms with van der Waals surface area (Å²) in [6.45, 7) is 2.99. The number of halogens is 1. The summed E-state index contributed by atoms with van der Waals surface area (Å²) < 4.78 is 3.04. The van der Waals surface area contributed by atoms with Gasteiger partial charge >= 0.3 is 0 Å². The quantitative estimate of drug-likeness (QED) is 0.748. The van der Waals surface area contributed by atoms with Crippen molar-refractivity contribution in [2.24, 2.45) is 11.8 Å². The first kappa shape index (κ1) is 18.2. The van der Waals surface area contributed by atoms with E-state index < -0.39 is 0 Å². The zero-order chi connectivity index (χ0) is 18.8.